The van der Waals surface area contributed by atoms with Crippen LogP contribution >= 0.6 is 0 Å². The summed E-state index contributed by atoms with van der Waals surface area (Å²) in [5, 5.41) is 9.28. The molecule has 6 heteroatoms. The summed E-state index contributed by atoms with van der Waals surface area (Å²) in [7, 11) is 0. The molecule has 4 rings (SSSR count). The van der Waals surface area contributed by atoms with Crippen LogP contribution in [0.3, 0.4) is 0 Å². The van der Waals surface area contributed by atoms with Crippen molar-refractivity contribution in [3.63, 3.8) is 0 Å². The molecular formula is C27H36O6. The van der Waals surface area contributed by atoms with Gasteiger partial charge >= 0.3 is 11.9 Å². The number of esters is 2. The molecule has 0 aromatic heterocycles. The van der Waals surface area contributed by atoms with Gasteiger partial charge in [0.15, 0.2) is 0 Å². The molecule has 2 aliphatic heterocycles. The van der Waals surface area contributed by atoms with E-state index in [1.54, 1.807) is 6.92 Å². The van der Waals surface area contributed by atoms with Gasteiger partial charge in [-0.2, -0.15) is 0 Å². The second-order valence-corrected chi connectivity index (χ2v) is 10.5. The maximum Gasteiger partial charge on any atom is 0.334 e. The zero-order chi connectivity index (χ0) is 24.0. The van der Waals surface area contributed by atoms with Crippen molar-refractivity contribution in [2.75, 3.05) is 6.61 Å². The molecular weight excluding hydrogens is 420 g/mol. The first-order valence-electron chi connectivity index (χ1n) is 12.1. The fraction of sp³-hybridized carbons (Fsp3) is 0.630. The molecule has 7 atom stereocenters. The molecule has 180 valence electrons. The van der Waals surface area contributed by atoms with Gasteiger partial charge in [-0.15, -0.1) is 0 Å². The van der Waals surface area contributed by atoms with Crippen LogP contribution in [0.25, 0.3) is 6.08 Å². The van der Waals surface area contributed by atoms with Crippen LogP contribution in [0.15, 0.2) is 35.9 Å². The number of carbonyl (C=O) groups excluding carboxylic acids is 2. The molecule has 3 fully saturated rings. The number of rotatable bonds is 6. The number of hydrogen-bond donors (Lipinski definition) is 1. The van der Waals surface area contributed by atoms with Crippen LogP contribution in [0.4, 0.5) is 0 Å². The van der Waals surface area contributed by atoms with Crippen LogP contribution in [0.5, 0.6) is 0 Å². The Morgan fingerprint density at radius 2 is 1.91 bits per heavy atom. The summed E-state index contributed by atoms with van der Waals surface area (Å²) in [6.45, 7) is 9.51. The molecule has 6 nitrogen and oxygen atoms in total. The van der Waals surface area contributed by atoms with Crippen LogP contribution in [0, 0.1) is 23.7 Å². The fourth-order valence-electron chi connectivity index (χ4n) is 6.51. The van der Waals surface area contributed by atoms with Crippen LogP contribution in [0.2, 0.25) is 0 Å². The van der Waals surface area contributed by atoms with Gasteiger partial charge in [-0.1, -0.05) is 51.1 Å². The average molecular weight is 457 g/mol. The van der Waals surface area contributed by atoms with E-state index in [0.29, 0.717) is 17.9 Å². The van der Waals surface area contributed by atoms with Crippen molar-refractivity contribution >= 4 is 18.0 Å². The Morgan fingerprint density at radius 3 is 2.55 bits per heavy atom. The monoisotopic (exact) mass is 456 g/mol. The average Bonchev–Trinajstić information content (AvgIpc) is 3.30. The normalized spacial score (nSPS) is 37.7. The standard InChI is InChI=1S/C27H36O6/c1-16(2)27-14-21(31-22(29)15-28)26(5,33-27)20-12-11-17(3)23(20)24(27)32-25(30)18(4)13-19-9-7-6-8-10-19/h6-10,13,16-17,20-21,23-24,28H,11-12,14-15H2,1-5H3/b18-13+/t17-,20-,21-,23-,24+,26+,27?/m1/s1. The second-order valence-electron chi connectivity index (χ2n) is 10.5. The summed E-state index contributed by atoms with van der Waals surface area (Å²) in [5.41, 5.74) is 0.0683. The van der Waals surface area contributed by atoms with Crippen molar-refractivity contribution in [3.8, 4) is 0 Å². The molecule has 2 bridgehead atoms. The molecule has 33 heavy (non-hydrogen) atoms. The Bertz CT molecular complexity index is 924. The zero-order valence-electron chi connectivity index (χ0n) is 20.2. The van der Waals surface area contributed by atoms with E-state index in [1.165, 1.54) is 0 Å². The van der Waals surface area contributed by atoms with E-state index in [0.717, 1.165) is 18.4 Å². The predicted molar refractivity (Wildman–Crippen MR) is 124 cm³/mol. The van der Waals surface area contributed by atoms with Gasteiger partial charge in [-0.05, 0) is 56.1 Å². The van der Waals surface area contributed by atoms with Crippen LogP contribution in [0.1, 0.15) is 59.4 Å². The van der Waals surface area contributed by atoms with E-state index in [9.17, 15) is 14.7 Å². The quantitative estimate of drug-likeness (QED) is 0.511. The molecule has 2 heterocycles. The number of hydrogen-bond acceptors (Lipinski definition) is 6. The Hall–Kier alpha value is -2.18. The molecule has 1 aliphatic carbocycles. The molecule has 1 unspecified atom stereocenters. The molecule has 1 aromatic rings. The summed E-state index contributed by atoms with van der Waals surface area (Å²) in [5.74, 6) is -0.356. The number of fused-ring (bicyclic) bond motifs is 4. The van der Waals surface area contributed by atoms with Crippen LogP contribution in [-0.2, 0) is 23.8 Å². The SMILES string of the molecule is C/C(=C\c1ccccc1)C(=O)O[C@H]1[C@@H]2[C@H](C)CC[C@H]2[C@]2(C)OC1(C(C)C)C[C@H]2OC(=O)CO. The van der Waals surface area contributed by atoms with E-state index in [-0.39, 0.29) is 23.7 Å². The van der Waals surface area contributed by atoms with Gasteiger partial charge in [-0.3, -0.25) is 0 Å². The summed E-state index contributed by atoms with van der Waals surface area (Å²) >= 11 is 0. The largest absolute Gasteiger partial charge is 0.457 e. The van der Waals surface area contributed by atoms with E-state index >= 15 is 0 Å². The third-order valence-electron chi connectivity index (χ3n) is 8.29. The fourth-order valence-corrected chi connectivity index (χ4v) is 6.51. The van der Waals surface area contributed by atoms with Crippen molar-refractivity contribution in [1.82, 2.24) is 0 Å². The van der Waals surface area contributed by atoms with Crippen molar-refractivity contribution in [1.29, 1.82) is 0 Å². The summed E-state index contributed by atoms with van der Waals surface area (Å²) < 4.78 is 18.8. The van der Waals surface area contributed by atoms with Gasteiger partial charge in [0.1, 0.15) is 30.0 Å². The van der Waals surface area contributed by atoms with Gasteiger partial charge in [0.2, 0.25) is 0 Å². The lowest BCUT2D eigenvalue weighted by molar-refractivity contribution is -0.265. The topological polar surface area (TPSA) is 82.1 Å². The molecule has 2 saturated heterocycles. The Morgan fingerprint density at radius 1 is 1.21 bits per heavy atom. The first kappa shape index (κ1) is 24.0. The minimum absolute atomic E-state index is 0.0413. The third-order valence-corrected chi connectivity index (χ3v) is 8.29. The predicted octanol–water partition coefficient (Wildman–Crippen LogP) is 4.16. The highest BCUT2D eigenvalue weighted by molar-refractivity contribution is 5.93. The highest BCUT2D eigenvalue weighted by atomic mass is 16.6. The number of aliphatic hydroxyl groups excluding tert-OH is 1. The van der Waals surface area contributed by atoms with Gasteiger partial charge in [0.05, 0.1) is 0 Å². The highest BCUT2D eigenvalue weighted by Crippen LogP contribution is 2.63. The Balaban J connectivity index is 1.68. The first-order chi connectivity index (χ1) is 15.6. The van der Waals surface area contributed by atoms with Gasteiger partial charge in [0.25, 0.3) is 0 Å². The number of benzene rings is 1. The molecule has 1 N–H and O–H groups in total. The molecule has 3 aliphatic rings. The lowest BCUT2D eigenvalue weighted by Gasteiger charge is -2.53. The molecule has 0 amide bonds. The van der Waals surface area contributed by atoms with Gasteiger partial charge < -0.3 is 19.3 Å². The maximum absolute atomic E-state index is 13.3. The molecule has 0 radical (unpaired) electrons. The summed E-state index contributed by atoms with van der Waals surface area (Å²) in [6, 6.07) is 9.72. The summed E-state index contributed by atoms with van der Waals surface area (Å²) in [4.78, 5) is 25.3. The van der Waals surface area contributed by atoms with E-state index in [4.69, 9.17) is 14.2 Å². The number of ether oxygens (including phenoxy) is 3. The van der Waals surface area contributed by atoms with Crippen molar-refractivity contribution < 1.29 is 28.9 Å². The van der Waals surface area contributed by atoms with Crippen LogP contribution in [-0.4, -0.2) is 47.1 Å². The van der Waals surface area contributed by atoms with Gasteiger partial charge in [0, 0.05) is 17.9 Å². The first-order valence-corrected chi connectivity index (χ1v) is 12.1. The smallest absolute Gasteiger partial charge is 0.334 e. The van der Waals surface area contributed by atoms with Crippen LogP contribution < -0.4 is 0 Å². The van der Waals surface area contributed by atoms with E-state index in [1.807, 2.05) is 43.3 Å². The highest BCUT2D eigenvalue weighted by Gasteiger charge is 2.72. The van der Waals surface area contributed by atoms with Crippen molar-refractivity contribution in [3.05, 3.63) is 41.5 Å². The van der Waals surface area contributed by atoms with Crippen molar-refractivity contribution in [2.24, 2.45) is 23.7 Å². The zero-order valence-corrected chi connectivity index (χ0v) is 20.2. The molecule has 1 aromatic carbocycles. The van der Waals surface area contributed by atoms with Crippen molar-refractivity contribution in [2.45, 2.75) is 77.3 Å². The van der Waals surface area contributed by atoms with E-state index in [2.05, 4.69) is 20.8 Å². The number of carbonyl (C=O) groups is 2. The Labute approximate surface area is 196 Å². The third kappa shape index (κ3) is 4.01. The lowest BCUT2D eigenvalue weighted by atomic mass is 9.69. The second kappa shape index (κ2) is 8.88. The number of aliphatic hydroxyl groups is 1. The van der Waals surface area contributed by atoms with Gasteiger partial charge in [-0.25, -0.2) is 9.59 Å². The minimum atomic E-state index is -0.752. The lowest BCUT2D eigenvalue weighted by Crippen LogP contribution is -2.62. The Kier molecular flexibility index (Phi) is 6.45. The molecule has 1 saturated carbocycles. The van der Waals surface area contributed by atoms with E-state index < -0.39 is 36.0 Å². The maximum atomic E-state index is 13.3. The molecule has 0 spiro atoms. The summed E-state index contributed by atoms with van der Waals surface area (Å²) in [6.07, 6.45) is 3.31. The minimum Gasteiger partial charge on any atom is -0.457 e.